The van der Waals surface area contributed by atoms with Crippen LogP contribution < -0.4 is 14.2 Å². The van der Waals surface area contributed by atoms with Crippen molar-refractivity contribution in [2.45, 2.75) is 6.92 Å². The molecule has 0 bridgehead atoms. The van der Waals surface area contributed by atoms with E-state index in [1.165, 1.54) is 6.92 Å². The molecule has 0 aliphatic carbocycles. The molecule has 6 heteroatoms. The van der Waals surface area contributed by atoms with Crippen molar-refractivity contribution in [1.82, 2.24) is 0 Å². The summed E-state index contributed by atoms with van der Waals surface area (Å²) in [6.07, 6.45) is 1.56. The summed E-state index contributed by atoms with van der Waals surface area (Å²) in [5.74, 6) is 2.61. The Morgan fingerprint density at radius 3 is 1.79 bits per heavy atom. The third kappa shape index (κ3) is 6.52. The SMILES string of the molecule is CC(=O)COc1ccc(Oc2ccc(OCC=C(Cl)Cl)cc2)cc1. The van der Waals surface area contributed by atoms with E-state index < -0.39 is 0 Å². The van der Waals surface area contributed by atoms with E-state index in [1.54, 1.807) is 54.6 Å². The van der Waals surface area contributed by atoms with Crippen molar-refractivity contribution in [3.8, 4) is 23.0 Å². The van der Waals surface area contributed by atoms with Gasteiger partial charge in [-0.2, -0.15) is 0 Å². The zero-order valence-corrected chi connectivity index (χ0v) is 14.5. The zero-order chi connectivity index (χ0) is 17.4. The molecule has 0 saturated heterocycles. The Balaban J connectivity index is 1.89. The molecule has 0 aliphatic heterocycles. The minimum atomic E-state index is -0.0264. The van der Waals surface area contributed by atoms with Crippen LogP contribution in [0.3, 0.4) is 0 Å². The van der Waals surface area contributed by atoms with Gasteiger partial charge in [0, 0.05) is 0 Å². The lowest BCUT2D eigenvalue weighted by molar-refractivity contribution is -0.118. The van der Waals surface area contributed by atoms with Gasteiger partial charge < -0.3 is 14.2 Å². The lowest BCUT2D eigenvalue weighted by atomic mass is 10.3. The summed E-state index contributed by atoms with van der Waals surface area (Å²) in [6.45, 7) is 1.83. The van der Waals surface area contributed by atoms with Gasteiger partial charge in [-0.1, -0.05) is 23.2 Å². The first kappa shape index (κ1) is 18.2. The van der Waals surface area contributed by atoms with Crippen LogP contribution in [0.25, 0.3) is 0 Å². The standard InChI is InChI=1S/C18H16Cl2O4/c1-13(21)12-23-15-4-8-17(9-5-15)24-16-6-2-14(3-7-16)22-11-10-18(19)20/h2-10H,11-12H2,1H3. The number of carbonyl (C=O) groups excluding carboxylic acids is 1. The van der Waals surface area contributed by atoms with Gasteiger partial charge in [0.25, 0.3) is 0 Å². The Labute approximate surface area is 150 Å². The second-order valence-corrected chi connectivity index (χ2v) is 5.85. The first-order chi connectivity index (χ1) is 11.5. The molecule has 0 amide bonds. The van der Waals surface area contributed by atoms with Crippen LogP contribution in [0.5, 0.6) is 23.0 Å². The molecule has 4 nitrogen and oxygen atoms in total. The highest BCUT2D eigenvalue weighted by molar-refractivity contribution is 6.55. The highest BCUT2D eigenvalue weighted by atomic mass is 35.5. The average Bonchev–Trinajstić information content (AvgIpc) is 2.55. The first-order valence-corrected chi connectivity index (χ1v) is 7.93. The first-order valence-electron chi connectivity index (χ1n) is 7.17. The van der Waals surface area contributed by atoms with E-state index in [0.29, 0.717) is 29.6 Å². The minimum absolute atomic E-state index is 0.0264. The normalized spacial score (nSPS) is 9.96. The fourth-order valence-electron chi connectivity index (χ4n) is 1.73. The zero-order valence-electron chi connectivity index (χ0n) is 13.0. The second kappa shape index (κ2) is 9.21. The van der Waals surface area contributed by atoms with Gasteiger partial charge in [0.2, 0.25) is 0 Å². The molecule has 0 heterocycles. The van der Waals surface area contributed by atoms with Crippen LogP contribution in [0.4, 0.5) is 0 Å². The molecular formula is C18H16Cl2O4. The van der Waals surface area contributed by atoms with Crippen LogP contribution in [-0.2, 0) is 4.79 Å². The molecule has 0 N–H and O–H groups in total. The van der Waals surface area contributed by atoms with Crippen LogP contribution in [0.2, 0.25) is 0 Å². The molecule has 126 valence electrons. The average molecular weight is 367 g/mol. The van der Waals surface area contributed by atoms with Crippen molar-refractivity contribution in [1.29, 1.82) is 0 Å². The lowest BCUT2D eigenvalue weighted by Crippen LogP contribution is -2.06. The fraction of sp³-hybridized carbons (Fsp3) is 0.167. The topological polar surface area (TPSA) is 44.8 Å². The van der Waals surface area contributed by atoms with Gasteiger partial charge in [-0.3, -0.25) is 4.79 Å². The Morgan fingerprint density at radius 1 is 0.875 bits per heavy atom. The molecule has 0 unspecified atom stereocenters. The van der Waals surface area contributed by atoms with E-state index in [4.69, 9.17) is 37.4 Å². The predicted molar refractivity (Wildman–Crippen MR) is 94.4 cm³/mol. The van der Waals surface area contributed by atoms with Crippen molar-refractivity contribution >= 4 is 29.0 Å². The van der Waals surface area contributed by atoms with E-state index in [-0.39, 0.29) is 16.9 Å². The molecule has 0 aromatic heterocycles. The summed E-state index contributed by atoms with van der Waals surface area (Å²) in [4.78, 5) is 10.9. The Morgan fingerprint density at radius 2 is 1.33 bits per heavy atom. The second-order valence-electron chi connectivity index (χ2n) is 4.84. The van der Waals surface area contributed by atoms with Crippen LogP contribution in [0.1, 0.15) is 6.92 Å². The predicted octanol–water partition coefficient (Wildman–Crippen LogP) is 5.14. The van der Waals surface area contributed by atoms with Gasteiger partial charge >= 0.3 is 0 Å². The summed E-state index contributed by atoms with van der Waals surface area (Å²) in [6, 6.07) is 14.2. The number of halogens is 2. The maximum atomic E-state index is 10.9. The molecular weight excluding hydrogens is 351 g/mol. The van der Waals surface area contributed by atoms with Gasteiger partial charge in [0.05, 0.1) is 0 Å². The highest BCUT2D eigenvalue weighted by Gasteiger charge is 2.01. The summed E-state index contributed by atoms with van der Waals surface area (Å²) in [5, 5.41) is 0. The molecule has 24 heavy (non-hydrogen) atoms. The number of ketones is 1. The number of Topliss-reactive ketones (excluding diaryl/α,β-unsaturated/α-hetero) is 1. The van der Waals surface area contributed by atoms with E-state index >= 15 is 0 Å². The van der Waals surface area contributed by atoms with Gasteiger partial charge in [-0.05, 0) is 61.5 Å². The van der Waals surface area contributed by atoms with Crippen molar-refractivity contribution in [2.75, 3.05) is 13.2 Å². The van der Waals surface area contributed by atoms with Gasteiger partial charge in [-0.25, -0.2) is 0 Å². The van der Waals surface area contributed by atoms with Crippen LogP contribution in [-0.4, -0.2) is 19.0 Å². The molecule has 0 spiro atoms. The number of hydrogen-bond acceptors (Lipinski definition) is 4. The molecule has 0 saturated carbocycles. The molecule has 2 rings (SSSR count). The van der Waals surface area contributed by atoms with Gasteiger partial charge in [0.15, 0.2) is 5.78 Å². The van der Waals surface area contributed by atoms with E-state index in [2.05, 4.69) is 0 Å². The molecule has 0 aliphatic rings. The monoisotopic (exact) mass is 366 g/mol. The van der Waals surface area contributed by atoms with Crippen molar-refractivity contribution in [3.05, 3.63) is 59.1 Å². The van der Waals surface area contributed by atoms with Gasteiger partial charge in [-0.15, -0.1) is 0 Å². The smallest absolute Gasteiger partial charge is 0.167 e. The van der Waals surface area contributed by atoms with Crippen LogP contribution in [0.15, 0.2) is 59.1 Å². The van der Waals surface area contributed by atoms with Crippen molar-refractivity contribution in [2.24, 2.45) is 0 Å². The van der Waals surface area contributed by atoms with Gasteiger partial charge in [0.1, 0.15) is 40.7 Å². The number of rotatable bonds is 8. The Hall–Kier alpha value is -2.17. The largest absolute Gasteiger partial charge is 0.489 e. The number of ether oxygens (including phenoxy) is 3. The molecule has 2 aromatic carbocycles. The summed E-state index contributed by atoms with van der Waals surface area (Å²) in [7, 11) is 0. The van der Waals surface area contributed by atoms with Crippen molar-refractivity contribution in [3.63, 3.8) is 0 Å². The maximum Gasteiger partial charge on any atom is 0.167 e. The number of carbonyl (C=O) groups is 1. The third-order valence-corrected chi connectivity index (χ3v) is 3.12. The maximum absolute atomic E-state index is 10.9. The van der Waals surface area contributed by atoms with Crippen LogP contribution in [0, 0.1) is 0 Å². The van der Waals surface area contributed by atoms with Crippen molar-refractivity contribution < 1.29 is 19.0 Å². The Bertz CT molecular complexity index is 690. The summed E-state index contributed by atoms with van der Waals surface area (Å²) >= 11 is 11.0. The Kier molecular flexibility index (Phi) is 6.97. The minimum Gasteiger partial charge on any atom is -0.489 e. The molecule has 0 fully saturated rings. The highest BCUT2D eigenvalue weighted by Crippen LogP contribution is 2.25. The quantitative estimate of drug-likeness (QED) is 0.648. The number of benzene rings is 2. The molecule has 2 aromatic rings. The van der Waals surface area contributed by atoms with E-state index in [9.17, 15) is 4.79 Å². The number of hydrogen-bond donors (Lipinski definition) is 0. The van der Waals surface area contributed by atoms with Crippen LogP contribution >= 0.6 is 23.2 Å². The van der Waals surface area contributed by atoms with E-state index in [1.807, 2.05) is 0 Å². The molecule has 0 atom stereocenters. The summed E-state index contributed by atoms with van der Waals surface area (Å²) in [5.41, 5.74) is 0. The third-order valence-electron chi connectivity index (χ3n) is 2.81. The molecule has 0 radical (unpaired) electrons. The summed E-state index contributed by atoms with van der Waals surface area (Å²) < 4.78 is 16.6. The van der Waals surface area contributed by atoms with E-state index in [0.717, 1.165) is 0 Å². The fourth-order valence-corrected chi connectivity index (χ4v) is 1.86. The lowest BCUT2D eigenvalue weighted by Gasteiger charge is -2.08.